The minimum Gasteiger partial charge on any atom is -0.435 e. The van der Waals surface area contributed by atoms with Crippen LogP contribution in [0.4, 0.5) is 0 Å². The molecule has 0 aromatic heterocycles. The molecule has 26 heavy (non-hydrogen) atoms. The highest BCUT2D eigenvalue weighted by Gasteiger charge is 2.41. The molecule has 0 bridgehead atoms. The van der Waals surface area contributed by atoms with Gasteiger partial charge in [-0.2, -0.15) is 0 Å². The largest absolute Gasteiger partial charge is 0.435 e. The van der Waals surface area contributed by atoms with Crippen LogP contribution < -0.4 is 4.52 Å². The molecule has 3 atom stereocenters. The molecule has 0 spiro atoms. The topological polar surface area (TPSA) is 21.7 Å². The van der Waals surface area contributed by atoms with Gasteiger partial charge in [-0.3, -0.25) is 0 Å². The van der Waals surface area contributed by atoms with E-state index in [-0.39, 0.29) is 12.1 Å². The van der Waals surface area contributed by atoms with Crippen molar-refractivity contribution >= 4 is 8.53 Å². The summed E-state index contributed by atoms with van der Waals surface area (Å²) in [7, 11) is 0.970. The summed E-state index contributed by atoms with van der Waals surface area (Å²) >= 11 is 0. The Bertz CT molecular complexity index is 706. The second kappa shape index (κ2) is 8.08. The van der Waals surface area contributed by atoms with Crippen LogP contribution in [0.15, 0.2) is 48.5 Å². The number of likely N-dealkylation sites (N-methyl/N-ethyl adjacent to an activating group) is 1. The van der Waals surface area contributed by atoms with E-state index in [1.807, 2.05) is 6.07 Å². The van der Waals surface area contributed by atoms with E-state index >= 15 is 0 Å². The van der Waals surface area contributed by atoms with Crippen LogP contribution in [0, 0.1) is 0 Å². The Hall–Kier alpha value is -1.41. The highest BCUT2D eigenvalue weighted by Crippen LogP contribution is 2.57. The lowest BCUT2D eigenvalue weighted by Gasteiger charge is -2.25. The normalized spacial score (nSPS) is 23.8. The number of rotatable bonds is 5. The fourth-order valence-corrected chi connectivity index (χ4v) is 4.94. The first kappa shape index (κ1) is 19.4. The maximum absolute atomic E-state index is 6.56. The van der Waals surface area contributed by atoms with Gasteiger partial charge >= 0.3 is 8.53 Å². The fraction of sp³-hybridized carbons (Fsp3) is 0.455. The van der Waals surface area contributed by atoms with Crippen molar-refractivity contribution in [3.8, 4) is 5.75 Å². The summed E-state index contributed by atoms with van der Waals surface area (Å²) in [5, 5.41) is 0. The number of hydrogen-bond acceptors (Lipinski definition) is 3. The van der Waals surface area contributed by atoms with Gasteiger partial charge in [-0.15, -0.1) is 0 Å². The SMILES string of the molecule is CC(C)c1cccc(C(C)C)c1OP1O[C@H](c2ccccc2)[C@H](C)N1C. The highest BCUT2D eigenvalue weighted by molar-refractivity contribution is 7.45. The minimum absolute atomic E-state index is 0.0426. The molecular formula is C22H30NO2P. The Morgan fingerprint density at radius 3 is 2.04 bits per heavy atom. The molecule has 4 heteroatoms. The molecule has 1 fully saturated rings. The standard InChI is InChI=1S/C22H30NO2P/c1-15(2)19-13-10-14-20(16(3)4)22(19)25-26-23(6)17(5)21(24-26)18-11-8-7-9-12-18/h7-17,21H,1-6H3/t17-,21-,26?/m0/s1. The summed E-state index contributed by atoms with van der Waals surface area (Å²) in [6.07, 6.45) is 0.0426. The van der Waals surface area contributed by atoms with E-state index in [1.165, 1.54) is 16.7 Å². The molecule has 0 radical (unpaired) electrons. The lowest BCUT2D eigenvalue weighted by Crippen LogP contribution is -2.23. The van der Waals surface area contributed by atoms with E-state index in [2.05, 4.69) is 88.8 Å². The molecule has 1 aliphatic heterocycles. The zero-order valence-corrected chi connectivity index (χ0v) is 17.5. The Labute approximate surface area is 159 Å². The van der Waals surface area contributed by atoms with Gasteiger partial charge in [-0.25, -0.2) is 4.67 Å². The molecule has 1 aliphatic rings. The van der Waals surface area contributed by atoms with Crippen molar-refractivity contribution in [3.05, 3.63) is 65.2 Å². The summed E-state index contributed by atoms with van der Waals surface area (Å²) in [5.41, 5.74) is 3.72. The average Bonchev–Trinajstić information content (AvgIpc) is 2.90. The molecule has 3 nitrogen and oxygen atoms in total. The van der Waals surface area contributed by atoms with Crippen molar-refractivity contribution in [2.45, 2.75) is 58.6 Å². The molecule has 2 aromatic carbocycles. The predicted molar refractivity (Wildman–Crippen MR) is 110 cm³/mol. The van der Waals surface area contributed by atoms with Gasteiger partial charge in [0.1, 0.15) is 11.9 Å². The third-order valence-electron chi connectivity index (χ3n) is 5.11. The van der Waals surface area contributed by atoms with Crippen molar-refractivity contribution in [2.75, 3.05) is 7.05 Å². The first-order chi connectivity index (χ1) is 12.4. The molecule has 1 heterocycles. The molecule has 0 saturated carbocycles. The summed E-state index contributed by atoms with van der Waals surface area (Å²) in [5.74, 6) is 1.83. The van der Waals surface area contributed by atoms with Gasteiger partial charge in [-0.1, -0.05) is 76.2 Å². The van der Waals surface area contributed by atoms with E-state index < -0.39 is 8.53 Å². The Kier molecular flexibility index (Phi) is 6.02. The van der Waals surface area contributed by atoms with E-state index in [0.29, 0.717) is 11.8 Å². The molecule has 1 unspecified atom stereocenters. The third-order valence-corrected chi connectivity index (χ3v) is 6.73. The van der Waals surface area contributed by atoms with Crippen molar-refractivity contribution in [1.82, 2.24) is 4.67 Å². The van der Waals surface area contributed by atoms with Crippen molar-refractivity contribution in [1.29, 1.82) is 0 Å². The van der Waals surface area contributed by atoms with Crippen LogP contribution in [-0.4, -0.2) is 17.8 Å². The number of para-hydroxylation sites is 1. The van der Waals surface area contributed by atoms with Gasteiger partial charge in [0.15, 0.2) is 0 Å². The van der Waals surface area contributed by atoms with Gasteiger partial charge in [0.2, 0.25) is 0 Å². The van der Waals surface area contributed by atoms with E-state index in [4.69, 9.17) is 9.05 Å². The summed E-state index contributed by atoms with van der Waals surface area (Å²) in [4.78, 5) is 0. The fourth-order valence-electron chi connectivity index (χ4n) is 3.34. The van der Waals surface area contributed by atoms with Gasteiger partial charge in [0.05, 0.1) is 0 Å². The number of hydrogen-bond donors (Lipinski definition) is 0. The molecule has 3 rings (SSSR count). The number of nitrogens with zero attached hydrogens (tertiary/aromatic N) is 1. The van der Waals surface area contributed by atoms with Crippen LogP contribution in [0.25, 0.3) is 0 Å². The zero-order valence-electron chi connectivity index (χ0n) is 16.6. The second-order valence-corrected chi connectivity index (χ2v) is 9.16. The van der Waals surface area contributed by atoms with Crippen LogP contribution in [0.2, 0.25) is 0 Å². The predicted octanol–water partition coefficient (Wildman–Crippen LogP) is 6.63. The number of benzene rings is 2. The van der Waals surface area contributed by atoms with Crippen LogP contribution in [0.3, 0.4) is 0 Å². The molecule has 0 amide bonds. The first-order valence-corrected chi connectivity index (χ1v) is 10.6. The quantitative estimate of drug-likeness (QED) is 0.551. The highest BCUT2D eigenvalue weighted by atomic mass is 31.2. The molecule has 0 aliphatic carbocycles. The Balaban J connectivity index is 1.90. The lowest BCUT2D eigenvalue weighted by atomic mass is 9.94. The van der Waals surface area contributed by atoms with Crippen LogP contribution >= 0.6 is 8.53 Å². The van der Waals surface area contributed by atoms with Crippen molar-refractivity contribution in [3.63, 3.8) is 0 Å². The summed E-state index contributed by atoms with van der Waals surface area (Å²) < 4.78 is 15.2. The van der Waals surface area contributed by atoms with E-state index in [0.717, 1.165) is 5.75 Å². The minimum atomic E-state index is -1.13. The molecular weight excluding hydrogens is 341 g/mol. The smallest absolute Gasteiger partial charge is 0.321 e. The van der Waals surface area contributed by atoms with Gasteiger partial charge in [-0.05, 0) is 42.5 Å². The van der Waals surface area contributed by atoms with Crippen molar-refractivity contribution in [2.24, 2.45) is 0 Å². The molecule has 1 saturated heterocycles. The van der Waals surface area contributed by atoms with Crippen LogP contribution in [-0.2, 0) is 4.52 Å². The van der Waals surface area contributed by atoms with Crippen LogP contribution in [0.5, 0.6) is 5.75 Å². The Morgan fingerprint density at radius 1 is 0.923 bits per heavy atom. The van der Waals surface area contributed by atoms with Crippen LogP contribution in [0.1, 0.15) is 69.2 Å². The molecule has 0 N–H and O–H groups in total. The van der Waals surface area contributed by atoms with E-state index in [9.17, 15) is 0 Å². The summed E-state index contributed by atoms with van der Waals surface area (Å²) in [6.45, 7) is 11.1. The average molecular weight is 371 g/mol. The zero-order chi connectivity index (χ0) is 18.8. The summed E-state index contributed by atoms with van der Waals surface area (Å²) in [6, 6.07) is 17.2. The Morgan fingerprint density at radius 2 is 1.50 bits per heavy atom. The van der Waals surface area contributed by atoms with E-state index in [1.54, 1.807) is 0 Å². The maximum atomic E-state index is 6.56. The molecule has 2 aromatic rings. The monoisotopic (exact) mass is 371 g/mol. The van der Waals surface area contributed by atoms with Crippen molar-refractivity contribution < 1.29 is 9.05 Å². The molecule has 140 valence electrons. The van der Waals surface area contributed by atoms with Gasteiger partial charge in [0.25, 0.3) is 0 Å². The first-order valence-electron chi connectivity index (χ1n) is 9.45. The third kappa shape index (κ3) is 3.81. The lowest BCUT2D eigenvalue weighted by molar-refractivity contribution is 0.210. The maximum Gasteiger partial charge on any atom is 0.321 e. The van der Waals surface area contributed by atoms with Gasteiger partial charge in [0, 0.05) is 6.04 Å². The van der Waals surface area contributed by atoms with Gasteiger partial charge < -0.3 is 9.05 Å². The second-order valence-electron chi connectivity index (χ2n) is 7.66.